The molecule has 0 fully saturated rings. The molecule has 0 unspecified atom stereocenters. The predicted molar refractivity (Wildman–Crippen MR) is 98.1 cm³/mol. The van der Waals surface area contributed by atoms with Gasteiger partial charge in [0, 0.05) is 23.9 Å². The monoisotopic (exact) mass is 430 g/mol. The first-order chi connectivity index (χ1) is 13.5. The van der Waals surface area contributed by atoms with Crippen LogP contribution in [0.15, 0.2) is 41.5 Å². The number of carbonyl (C=O) groups is 1. The highest BCUT2D eigenvalue weighted by atomic mass is 35.5. The van der Waals surface area contributed by atoms with Gasteiger partial charge < -0.3 is 15.8 Å². The van der Waals surface area contributed by atoms with E-state index in [1.165, 1.54) is 37.4 Å². The molecule has 2 heterocycles. The molecule has 1 aliphatic rings. The molecule has 3 N–H and O–H groups in total. The molecule has 0 saturated heterocycles. The van der Waals surface area contributed by atoms with Gasteiger partial charge in [-0.1, -0.05) is 11.6 Å². The average Bonchev–Trinajstić information content (AvgIpc) is 2.62. The minimum atomic E-state index is -4.67. The smallest absolute Gasteiger partial charge is 0.411 e. The van der Waals surface area contributed by atoms with Gasteiger partial charge in [-0.05, 0) is 37.3 Å². The molecule has 2 atom stereocenters. The van der Waals surface area contributed by atoms with Crippen LogP contribution in [0.25, 0.3) is 0 Å². The van der Waals surface area contributed by atoms with Crippen molar-refractivity contribution in [3.8, 4) is 0 Å². The Morgan fingerprint density at radius 2 is 2.07 bits per heavy atom. The van der Waals surface area contributed by atoms with E-state index < -0.39 is 42.0 Å². The first-order valence-electron chi connectivity index (χ1n) is 8.30. The molecule has 11 heteroatoms. The first kappa shape index (κ1) is 20.8. The van der Waals surface area contributed by atoms with Crippen LogP contribution in [0.4, 0.5) is 23.2 Å². The summed E-state index contributed by atoms with van der Waals surface area (Å²) >= 11 is 5.72. The SMILES string of the molecule is C[C@@]1(c2cc(NC(=O)c3ccc(Cl)cn3)ccc2F)C[C@H](C(F)(F)F)N=C(N)O1. The highest BCUT2D eigenvalue weighted by Gasteiger charge is 2.49. The number of hydrogen-bond acceptors (Lipinski definition) is 5. The van der Waals surface area contributed by atoms with Crippen molar-refractivity contribution in [1.29, 1.82) is 0 Å². The summed E-state index contributed by atoms with van der Waals surface area (Å²) in [5.74, 6) is -1.42. The van der Waals surface area contributed by atoms with Gasteiger partial charge in [0.15, 0.2) is 6.04 Å². The van der Waals surface area contributed by atoms with Gasteiger partial charge in [0.05, 0.1) is 5.02 Å². The van der Waals surface area contributed by atoms with E-state index in [1.54, 1.807) is 0 Å². The maximum absolute atomic E-state index is 14.5. The van der Waals surface area contributed by atoms with Crippen molar-refractivity contribution < 1.29 is 27.1 Å². The van der Waals surface area contributed by atoms with Crippen LogP contribution in [0, 0.1) is 5.82 Å². The van der Waals surface area contributed by atoms with E-state index in [9.17, 15) is 22.4 Å². The van der Waals surface area contributed by atoms with Crippen LogP contribution in [-0.2, 0) is 10.3 Å². The molecule has 6 nitrogen and oxygen atoms in total. The Hall–Kier alpha value is -2.88. The number of aromatic nitrogens is 1. The molecule has 2 aromatic rings. The van der Waals surface area contributed by atoms with E-state index >= 15 is 0 Å². The van der Waals surface area contributed by atoms with Crippen LogP contribution < -0.4 is 11.1 Å². The van der Waals surface area contributed by atoms with Gasteiger partial charge in [-0.3, -0.25) is 4.79 Å². The maximum Gasteiger partial charge on any atom is 0.411 e. The lowest BCUT2D eigenvalue weighted by molar-refractivity contribution is -0.164. The third-order valence-electron chi connectivity index (χ3n) is 4.33. The van der Waals surface area contributed by atoms with E-state index in [1.807, 2.05) is 0 Å². The lowest BCUT2D eigenvalue weighted by atomic mass is 9.87. The number of amidine groups is 1. The number of nitrogens with one attached hydrogen (secondary N) is 1. The number of alkyl halides is 3. The van der Waals surface area contributed by atoms with Crippen molar-refractivity contribution in [3.05, 3.63) is 58.6 Å². The molecule has 3 rings (SSSR count). The van der Waals surface area contributed by atoms with E-state index in [0.717, 1.165) is 6.07 Å². The second-order valence-electron chi connectivity index (χ2n) is 6.57. The second kappa shape index (κ2) is 7.51. The molecule has 0 saturated carbocycles. The Morgan fingerprint density at radius 3 is 2.69 bits per heavy atom. The van der Waals surface area contributed by atoms with Crippen LogP contribution in [0.3, 0.4) is 0 Å². The van der Waals surface area contributed by atoms with Crippen LogP contribution in [0.2, 0.25) is 5.02 Å². The first-order valence-corrected chi connectivity index (χ1v) is 8.68. The van der Waals surface area contributed by atoms with Crippen LogP contribution in [0.1, 0.15) is 29.4 Å². The fourth-order valence-electron chi connectivity index (χ4n) is 2.93. The van der Waals surface area contributed by atoms with Crippen molar-refractivity contribution in [1.82, 2.24) is 4.98 Å². The van der Waals surface area contributed by atoms with Gasteiger partial charge in [-0.15, -0.1) is 0 Å². The summed E-state index contributed by atoms with van der Waals surface area (Å²) in [6.45, 7) is 1.28. The fourth-order valence-corrected chi connectivity index (χ4v) is 3.05. The maximum atomic E-state index is 14.5. The molecule has 1 aromatic carbocycles. The summed E-state index contributed by atoms with van der Waals surface area (Å²) in [6, 6.07) is 3.48. The van der Waals surface area contributed by atoms with E-state index in [0.29, 0.717) is 5.02 Å². The molecule has 29 heavy (non-hydrogen) atoms. The number of nitrogens with two attached hydrogens (primary N) is 1. The summed E-state index contributed by atoms with van der Waals surface area (Å²) in [5, 5.41) is 2.84. The number of anilines is 1. The number of halogens is 5. The molecular weight excluding hydrogens is 416 g/mol. The molecular formula is C18H15ClF4N4O2. The number of benzene rings is 1. The third-order valence-corrected chi connectivity index (χ3v) is 4.55. The molecule has 0 radical (unpaired) electrons. The van der Waals surface area contributed by atoms with E-state index in [4.69, 9.17) is 22.1 Å². The largest absolute Gasteiger partial charge is 0.454 e. The van der Waals surface area contributed by atoms with Crippen LogP contribution in [-0.4, -0.2) is 29.1 Å². The molecule has 0 aliphatic carbocycles. The molecule has 1 amide bonds. The standard InChI is InChI=1S/C18H15ClF4N4O2/c1-17(7-14(18(21,22)23)27-16(24)29-17)11-6-10(3-4-12(11)20)26-15(28)13-5-2-9(19)8-25-13/h2-6,8,14H,7H2,1H3,(H2,24,27)(H,26,28)/t14-,17+/m1/s1. The van der Waals surface area contributed by atoms with Crippen LogP contribution in [0.5, 0.6) is 0 Å². The van der Waals surface area contributed by atoms with Gasteiger partial charge in [-0.2, -0.15) is 13.2 Å². The Morgan fingerprint density at radius 1 is 1.34 bits per heavy atom. The Labute approximate surface area is 167 Å². The Balaban J connectivity index is 1.90. The average molecular weight is 431 g/mol. The highest BCUT2D eigenvalue weighted by molar-refractivity contribution is 6.30. The van der Waals surface area contributed by atoms with Gasteiger partial charge in [-0.25, -0.2) is 14.4 Å². The predicted octanol–water partition coefficient (Wildman–Crippen LogP) is 4.01. The molecule has 154 valence electrons. The summed E-state index contributed by atoms with van der Waals surface area (Å²) < 4.78 is 59.2. The number of ether oxygens (including phenoxy) is 1. The lowest BCUT2D eigenvalue weighted by Gasteiger charge is -2.37. The second-order valence-corrected chi connectivity index (χ2v) is 7.01. The highest BCUT2D eigenvalue weighted by Crippen LogP contribution is 2.41. The van der Waals surface area contributed by atoms with Crippen molar-refractivity contribution in [2.75, 3.05) is 5.32 Å². The minimum Gasteiger partial charge on any atom is -0.454 e. The number of amides is 1. The zero-order valence-corrected chi connectivity index (χ0v) is 15.7. The van der Waals surface area contributed by atoms with Crippen molar-refractivity contribution in [2.45, 2.75) is 31.2 Å². The third kappa shape index (κ3) is 4.58. The number of carbonyl (C=O) groups excluding carboxylic acids is 1. The zero-order valence-electron chi connectivity index (χ0n) is 14.9. The number of rotatable bonds is 3. The Kier molecular flexibility index (Phi) is 5.40. The van der Waals surface area contributed by atoms with Crippen molar-refractivity contribution in [2.24, 2.45) is 10.7 Å². The van der Waals surface area contributed by atoms with E-state index in [2.05, 4.69) is 15.3 Å². The summed E-state index contributed by atoms with van der Waals surface area (Å²) in [7, 11) is 0. The van der Waals surface area contributed by atoms with E-state index in [-0.39, 0.29) is 16.9 Å². The van der Waals surface area contributed by atoms with Crippen LogP contribution >= 0.6 is 11.6 Å². The quantitative estimate of drug-likeness (QED) is 0.720. The molecule has 1 aromatic heterocycles. The summed E-state index contributed by atoms with van der Waals surface area (Å²) in [4.78, 5) is 19.4. The number of nitrogens with zero attached hydrogens (tertiary/aromatic N) is 2. The Bertz CT molecular complexity index is 965. The minimum absolute atomic E-state index is 0.0499. The molecule has 1 aliphatic heterocycles. The molecule has 0 bridgehead atoms. The number of pyridine rings is 1. The van der Waals surface area contributed by atoms with Gasteiger partial charge >= 0.3 is 6.18 Å². The molecule has 0 spiro atoms. The topological polar surface area (TPSA) is 89.6 Å². The van der Waals surface area contributed by atoms with Crippen molar-refractivity contribution >= 4 is 29.2 Å². The summed E-state index contributed by atoms with van der Waals surface area (Å²) in [6.07, 6.45) is -4.06. The van der Waals surface area contributed by atoms with Gasteiger partial charge in [0.1, 0.15) is 17.1 Å². The lowest BCUT2D eigenvalue weighted by Crippen LogP contribution is -2.46. The fraction of sp³-hybridized carbons (Fsp3) is 0.278. The zero-order chi connectivity index (χ0) is 21.4. The van der Waals surface area contributed by atoms with Crippen molar-refractivity contribution in [3.63, 3.8) is 0 Å². The van der Waals surface area contributed by atoms with Gasteiger partial charge in [0.2, 0.25) is 0 Å². The van der Waals surface area contributed by atoms with Gasteiger partial charge in [0.25, 0.3) is 11.9 Å². The number of hydrogen-bond donors (Lipinski definition) is 2. The normalized spacial score (nSPS) is 21.9. The summed E-state index contributed by atoms with van der Waals surface area (Å²) in [5.41, 5.74) is 3.65. The number of aliphatic imine (C=N–C) groups is 1.